The van der Waals surface area contributed by atoms with Crippen molar-refractivity contribution >= 4 is 0 Å². The summed E-state index contributed by atoms with van der Waals surface area (Å²) in [7, 11) is 1.61. The molecule has 1 aromatic rings. The van der Waals surface area contributed by atoms with Crippen LogP contribution in [0.1, 0.15) is 24.1 Å². The molecule has 1 atom stereocenters. The Balaban J connectivity index is 2.41. The van der Waals surface area contributed by atoms with Crippen molar-refractivity contribution in [2.45, 2.75) is 19.9 Å². The molecule has 19 heavy (non-hydrogen) atoms. The zero-order valence-electron chi connectivity index (χ0n) is 11.6. The van der Waals surface area contributed by atoms with Crippen LogP contribution < -0.4 is 5.32 Å². The van der Waals surface area contributed by atoms with E-state index in [1.165, 1.54) is 12.1 Å². The third kappa shape index (κ3) is 5.22. The second-order valence-corrected chi connectivity index (χ2v) is 4.40. The fourth-order valence-electron chi connectivity index (χ4n) is 1.70. The molecule has 3 nitrogen and oxygen atoms in total. The molecule has 0 amide bonds. The second-order valence-electron chi connectivity index (χ2n) is 4.40. The van der Waals surface area contributed by atoms with Gasteiger partial charge in [-0.25, -0.2) is 8.78 Å². The summed E-state index contributed by atoms with van der Waals surface area (Å²) in [6, 6.07) is 2.20. The van der Waals surface area contributed by atoms with Gasteiger partial charge >= 0.3 is 0 Å². The molecule has 1 aromatic carbocycles. The topological polar surface area (TPSA) is 30.5 Å². The summed E-state index contributed by atoms with van der Waals surface area (Å²) in [5, 5.41) is 3.09. The molecule has 0 radical (unpaired) electrons. The van der Waals surface area contributed by atoms with Gasteiger partial charge in [0.05, 0.1) is 19.8 Å². The molecule has 1 unspecified atom stereocenters. The maximum Gasteiger partial charge on any atom is 0.128 e. The van der Waals surface area contributed by atoms with Crippen LogP contribution in [0.3, 0.4) is 0 Å². The van der Waals surface area contributed by atoms with Crippen molar-refractivity contribution < 1.29 is 18.3 Å². The highest BCUT2D eigenvalue weighted by Gasteiger charge is 2.13. The van der Waals surface area contributed by atoms with E-state index >= 15 is 0 Å². The summed E-state index contributed by atoms with van der Waals surface area (Å²) >= 11 is 0. The van der Waals surface area contributed by atoms with Crippen LogP contribution in [0.25, 0.3) is 0 Å². The Morgan fingerprint density at radius 2 is 1.89 bits per heavy atom. The van der Waals surface area contributed by atoms with Crippen molar-refractivity contribution in [1.29, 1.82) is 0 Å². The first kappa shape index (κ1) is 16.0. The summed E-state index contributed by atoms with van der Waals surface area (Å²) < 4.78 is 37.2. The van der Waals surface area contributed by atoms with E-state index in [-0.39, 0.29) is 17.7 Å². The number of nitrogens with one attached hydrogen (secondary N) is 1. The second kappa shape index (κ2) is 8.19. The maximum atomic E-state index is 13.7. The van der Waals surface area contributed by atoms with Gasteiger partial charge in [-0.1, -0.05) is 0 Å². The minimum atomic E-state index is -0.390. The van der Waals surface area contributed by atoms with Gasteiger partial charge in [0.15, 0.2) is 0 Å². The highest BCUT2D eigenvalue weighted by molar-refractivity contribution is 5.27. The molecule has 1 rings (SSSR count). The molecule has 0 aliphatic rings. The van der Waals surface area contributed by atoms with E-state index in [1.54, 1.807) is 21.0 Å². The maximum absolute atomic E-state index is 13.7. The van der Waals surface area contributed by atoms with E-state index in [2.05, 4.69) is 5.32 Å². The zero-order chi connectivity index (χ0) is 14.3. The normalized spacial score (nSPS) is 12.7. The molecule has 0 heterocycles. The lowest BCUT2D eigenvalue weighted by atomic mass is 10.1. The largest absolute Gasteiger partial charge is 0.382 e. The van der Waals surface area contributed by atoms with Crippen molar-refractivity contribution in [1.82, 2.24) is 5.32 Å². The Labute approximate surface area is 112 Å². The van der Waals surface area contributed by atoms with E-state index in [0.29, 0.717) is 37.5 Å². The van der Waals surface area contributed by atoms with Crippen molar-refractivity contribution in [3.05, 3.63) is 34.9 Å². The van der Waals surface area contributed by atoms with Crippen LogP contribution >= 0.6 is 0 Å². The smallest absolute Gasteiger partial charge is 0.128 e. The van der Waals surface area contributed by atoms with E-state index in [0.717, 1.165) is 0 Å². The predicted octanol–water partition coefficient (Wildman–Crippen LogP) is 2.59. The van der Waals surface area contributed by atoms with Gasteiger partial charge in [0.2, 0.25) is 0 Å². The number of rotatable bonds is 8. The van der Waals surface area contributed by atoms with Crippen molar-refractivity contribution in [2.24, 2.45) is 0 Å². The van der Waals surface area contributed by atoms with Gasteiger partial charge in [-0.15, -0.1) is 0 Å². The molecule has 0 spiro atoms. The van der Waals surface area contributed by atoms with Gasteiger partial charge in [-0.05, 0) is 31.5 Å². The fraction of sp³-hybridized carbons (Fsp3) is 0.571. The van der Waals surface area contributed by atoms with Crippen LogP contribution in [-0.2, 0) is 9.47 Å². The zero-order valence-corrected chi connectivity index (χ0v) is 11.6. The minimum absolute atomic E-state index is 0.263. The summed E-state index contributed by atoms with van der Waals surface area (Å²) in [6.07, 6.45) is 0. The van der Waals surface area contributed by atoms with Gasteiger partial charge in [0, 0.05) is 25.3 Å². The standard InChI is InChI=1S/C14H21F2NO2/c1-10-8-14(16)12(9-13(10)15)11(2)17-4-5-19-7-6-18-3/h8-9,11,17H,4-7H2,1-3H3. The minimum Gasteiger partial charge on any atom is -0.382 e. The number of methoxy groups -OCH3 is 1. The van der Waals surface area contributed by atoms with Gasteiger partial charge in [-0.3, -0.25) is 0 Å². The Morgan fingerprint density at radius 1 is 1.16 bits per heavy atom. The Kier molecular flexibility index (Phi) is 6.91. The number of hydrogen-bond donors (Lipinski definition) is 1. The van der Waals surface area contributed by atoms with Gasteiger partial charge in [0.1, 0.15) is 11.6 Å². The van der Waals surface area contributed by atoms with E-state index in [1.807, 2.05) is 0 Å². The van der Waals surface area contributed by atoms with Crippen LogP contribution in [-0.4, -0.2) is 33.5 Å². The molecule has 0 fully saturated rings. The highest BCUT2D eigenvalue weighted by Crippen LogP contribution is 2.20. The molecule has 108 valence electrons. The van der Waals surface area contributed by atoms with Crippen molar-refractivity contribution in [3.63, 3.8) is 0 Å². The Hall–Kier alpha value is -1.04. The van der Waals surface area contributed by atoms with E-state index in [4.69, 9.17) is 9.47 Å². The van der Waals surface area contributed by atoms with Crippen LogP contribution in [0.5, 0.6) is 0 Å². The molecule has 0 aliphatic heterocycles. The molecule has 0 saturated carbocycles. The van der Waals surface area contributed by atoms with Gasteiger partial charge in [-0.2, -0.15) is 0 Å². The Bertz CT molecular complexity index is 399. The molecule has 1 N–H and O–H groups in total. The lowest BCUT2D eigenvalue weighted by Crippen LogP contribution is -2.24. The Morgan fingerprint density at radius 3 is 2.58 bits per heavy atom. The summed E-state index contributed by atoms with van der Waals surface area (Å²) in [5.74, 6) is -0.777. The fourth-order valence-corrected chi connectivity index (χ4v) is 1.70. The van der Waals surface area contributed by atoms with Gasteiger partial charge in [0.25, 0.3) is 0 Å². The van der Waals surface area contributed by atoms with Gasteiger partial charge < -0.3 is 14.8 Å². The number of aryl methyl sites for hydroxylation is 1. The molecule has 0 aromatic heterocycles. The van der Waals surface area contributed by atoms with E-state index < -0.39 is 0 Å². The van der Waals surface area contributed by atoms with Crippen LogP contribution in [0, 0.1) is 18.6 Å². The average molecular weight is 273 g/mol. The molecular weight excluding hydrogens is 252 g/mol. The van der Waals surface area contributed by atoms with Crippen LogP contribution in [0.2, 0.25) is 0 Å². The summed E-state index contributed by atoms with van der Waals surface area (Å²) in [6.45, 7) is 5.49. The average Bonchev–Trinajstić information content (AvgIpc) is 2.37. The number of hydrogen-bond acceptors (Lipinski definition) is 3. The van der Waals surface area contributed by atoms with Crippen molar-refractivity contribution in [2.75, 3.05) is 33.5 Å². The highest BCUT2D eigenvalue weighted by atomic mass is 19.1. The summed E-state index contributed by atoms with van der Waals surface area (Å²) in [4.78, 5) is 0. The molecule has 5 heteroatoms. The number of benzene rings is 1. The summed E-state index contributed by atoms with van der Waals surface area (Å²) in [5.41, 5.74) is 0.649. The molecule has 0 aliphatic carbocycles. The first-order chi connectivity index (χ1) is 9.06. The first-order valence-electron chi connectivity index (χ1n) is 6.32. The monoisotopic (exact) mass is 273 g/mol. The number of halogens is 2. The van der Waals surface area contributed by atoms with E-state index in [9.17, 15) is 8.78 Å². The molecule has 0 bridgehead atoms. The third-order valence-electron chi connectivity index (χ3n) is 2.87. The van der Waals surface area contributed by atoms with Crippen LogP contribution in [0.4, 0.5) is 8.78 Å². The van der Waals surface area contributed by atoms with Crippen molar-refractivity contribution in [3.8, 4) is 0 Å². The third-order valence-corrected chi connectivity index (χ3v) is 2.87. The quantitative estimate of drug-likeness (QED) is 0.738. The lowest BCUT2D eigenvalue weighted by molar-refractivity contribution is 0.0712. The molecule has 0 saturated heterocycles. The SMILES string of the molecule is COCCOCCNC(C)c1cc(F)c(C)cc1F. The number of ether oxygens (including phenoxy) is 2. The van der Waals surface area contributed by atoms with Crippen LogP contribution in [0.15, 0.2) is 12.1 Å². The predicted molar refractivity (Wildman–Crippen MR) is 70.2 cm³/mol. The first-order valence-corrected chi connectivity index (χ1v) is 6.32. The lowest BCUT2D eigenvalue weighted by Gasteiger charge is -2.16. The molecular formula is C14H21F2NO2.